The molecule has 2 rings (SSSR count). The average Bonchev–Trinajstić information content (AvgIpc) is 2.59. The molecule has 140 valence electrons. The number of ether oxygens (including phenoxy) is 1. The standard InChI is InChI=1S/C20H21F3O2S/c1-4-26-16-8-9-17(13(2)11-16)18-12-15(20(21,22)23)7-5-14(18)6-10-19(24)25-3/h5,7-9,11-12H,4,6,10H2,1-3H3. The van der Waals surface area contributed by atoms with Crippen LogP contribution < -0.4 is 0 Å². The summed E-state index contributed by atoms with van der Waals surface area (Å²) < 4.78 is 44.2. The molecule has 0 N–H and O–H groups in total. The lowest BCUT2D eigenvalue weighted by atomic mass is 9.92. The van der Waals surface area contributed by atoms with Crippen molar-refractivity contribution in [3.63, 3.8) is 0 Å². The molecular weight excluding hydrogens is 361 g/mol. The van der Waals surface area contributed by atoms with Crippen molar-refractivity contribution >= 4 is 17.7 Å². The second-order valence-corrected chi connectivity index (χ2v) is 7.19. The number of aryl methyl sites for hydroxylation is 2. The quantitative estimate of drug-likeness (QED) is 0.460. The maximum Gasteiger partial charge on any atom is 0.416 e. The first kappa shape index (κ1) is 20.4. The summed E-state index contributed by atoms with van der Waals surface area (Å²) in [6.45, 7) is 3.94. The SMILES string of the molecule is CCSc1ccc(-c2cc(C(F)(F)F)ccc2CCC(=O)OC)c(C)c1. The van der Waals surface area contributed by atoms with Gasteiger partial charge in [0.05, 0.1) is 12.7 Å². The van der Waals surface area contributed by atoms with Gasteiger partial charge in [-0.05, 0) is 65.6 Å². The second kappa shape index (κ2) is 8.62. The fraction of sp³-hybridized carbons (Fsp3) is 0.350. The van der Waals surface area contributed by atoms with Gasteiger partial charge in [0.2, 0.25) is 0 Å². The molecule has 0 spiro atoms. The molecule has 0 bridgehead atoms. The van der Waals surface area contributed by atoms with Crippen molar-refractivity contribution in [3.8, 4) is 11.1 Å². The fourth-order valence-electron chi connectivity index (χ4n) is 2.76. The molecule has 26 heavy (non-hydrogen) atoms. The first-order chi connectivity index (χ1) is 12.3. The summed E-state index contributed by atoms with van der Waals surface area (Å²) in [5, 5.41) is 0. The Morgan fingerprint density at radius 1 is 1.12 bits per heavy atom. The van der Waals surface area contributed by atoms with Crippen LogP contribution in [0.3, 0.4) is 0 Å². The van der Waals surface area contributed by atoms with Crippen LogP contribution in [0.2, 0.25) is 0 Å². The molecule has 0 heterocycles. The first-order valence-electron chi connectivity index (χ1n) is 8.27. The van der Waals surface area contributed by atoms with E-state index in [9.17, 15) is 18.0 Å². The van der Waals surface area contributed by atoms with E-state index in [2.05, 4.69) is 4.74 Å². The van der Waals surface area contributed by atoms with Gasteiger partial charge in [0.15, 0.2) is 0 Å². The molecule has 0 aromatic heterocycles. The molecule has 0 aliphatic heterocycles. The monoisotopic (exact) mass is 382 g/mol. The third-order valence-electron chi connectivity index (χ3n) is 4.06. The van der Waals surface area contributed by atoms with Gasteiger partial charge < -0.3 is 4.74 Å². The van der Waals surface area contributed by atoms with Crippen LogP contribution in [0.5, 0.6) is 0 Å². The van der Waals surface area contributed by atoms with Crippen LogP contribution in [0, 0.1) is 6.92 Å². The van der Waals surface area contributed by atoms with Crippen LogP contribution in [0.4, 0.5) is 13.2 Å². The minimum atomic E-state index is -4.42. The number of benzene rings is 2. The zero-order chi connectivity index (χ0) is 19.3. The Labute approximate surface area is 155 Å². The Balaban J connectivity index is 2.50. The summed E-state index contributed by atoms with van der Waals surface area (Å²) >= 11 is 1.68. The molecule has 2 aromatic rings. The van der Waals surface area contributed by atoms with Gasteiger partial charge in [-0.1, -0.05) is 19.1 Å². The lowest BCUT2D eigenvalue weighted by Gasteiger charge is -2.16. The summed E-state index contributed by atoms with van der Waals surface area (Å²) in [7, 11) is 1.30. The summed E-state index contributed by atoms with van der Waals surface area (Å²) in [5.41, 5.74) is 2.16. The molecule has 0 atom stereocenters. The van der Waals surface area contributed by atoms with E-state index in [-0.39, 0.29) is 12.4 Å². The van der Waals surface area contributed by atoms with Gasteiger partial charge in [-0.3, -0.25) is 4.79 Å². The fourth-order valence-corrected chi connectivity index (χ4v) is 3.51. The number of methoxy groups -OCH3 is 1. The number of carbonyl (C=O) groups is 1. The molecule has 0 amide bonds. The summed E-state index contributed by atoms with van der Waals surface area (Å²) in [4.78, 5) is 12.5. The summed E-state index contributed by atoms with van der Waals surface area (Å²) in [6.07, 6.45) is -3.97. The first-order valence-corrected chi connectivity index (χ1v) is 9.25. The van der Waals surface area contributed by atoms with E-state index in [1.807, 2.05) is 32.0 Å². The predicted molar refractivity (Wildman–Crippen MR) is 98.4 cm³/mol. The Morgan fingerprint density at radius 3 is 2.42 bits per heavy atom. The van der Waals surface area contributed by atoms with E-state index in [0.29, 0.717) is 17.5 Å². The zero-order valence-corrected chi connectivity index (χ0v) is 15.8. The molecule has 6 heteroatoms. The number of hydrogen-bond donors (Lipinski definition) is 0. The van der Waals surface area contributed by atoms with Crippen LogP contribution in [0.1, 0.15) is 30.0 Å². The Bertz CT molecular complexity index is 785. The molecule has 0 aliphatic carbocycles. The van der Waals surface area contributed by atoms with Crippen molar-refractivity contribution in [1.29, 1.82) is 0 Å². The van der Waals surface area contributed by atoms with Gasteiger partial charge in [-0.25, -0.2) is 0 Å². The summed E-state index contributed by atoms with van der Waals surface area (Å²) in [6, 6.07) is 9.43. The van der Waals surface area contributed by atoms with Crippen LogP contribution in [0.25, 0.3) is 11.1 Å². The number of rotatable bonds is 6. The van der Waals surface area contributed by atoms with E-state index in [1.165, 1.54) is 19.2 Å². The van der Waals surface area contributed by atoms with Crippen LogP contribution >= 0.6 is 11.8 Å². The molecule has 0 saturated carbocycles. The molecule has 0 saturated heterocycles. The smallest absolute Gasteiger partial charge is 0.416 e. The Kier molecular flexibility index (Phi) is 6.75. The topological polar surface area (TPSA) is 26.3 Å². The molecule has 2 aromatic carbocycles. The number of thioether (sulfide) groups is 1. The number of halogens is 3. The Morgan fingerprint density at radius 2 is 1.85 bits per heavy atom. The number of alkyl halides is 3. The largest absolute Gasteiger partial charge is 0.469 e. The minimum Gasteiger partial charge on any atom is -0.469 e. The van der Waals surface area contributed by atoms with Gasteiger partial charge in [0, 0.05) is 11.3 Å². The third-order valence-corrected chi connectivity index (χ3v) is 4.94. The van der Waals surface area contributed by atoms with E-state index >= 15 is 0 Å². The van der Waals surface area contributed by atoms with Gasteiger partial charge in [-0.15, -0.1) is 11.8 Å². The molecule has 0 unspecified atom stereocenters. The number of esters is 1. The van der Waals surface area contributed by atoms with Gasteiger partial charge >= 0.3 is 12.1 Å². The second-order valence-electron chi connectivity index (χ2n) is 5.86. The summed E-state index contributed by atoms with van der Waals surface area (Å²) in [5.74, 6) is 0.537. The highest BCUT2D eigenvalue weighted by Gasteiger charge is 2.31. The molecule has 0 radical (unpaired) electrons. The normalized spacial score (nSPS) is 11.5. The highest BCUT2D eigenvalue weighted by Crippen LogP contribution is 2.36. The highest BCUT2D eigenvalue weighted by atomic mass is 32.2. The maximum atomic E-state index is 13.2. The van der Waals surface area contributed by atoms with Gasteiger partial charge in [-0.2, -0.15) is 13.2 Å². The molecule has 0 aliphatic rings. The van der Waals surface area contributed by atoms with Crippen LogP contribution in [-0.2, 0) is 22.1 Å². The van der Waals surface area contributed by atoms with Crippen molar-refractivity contribution in [2.45, 2.75) is 37.8 Å². The van der Waals surface area contributed by atoms with Crippen LogP contribution in [-0.4, -0.2) is 18.8 Å². The lowest BCUT2D eigenvalue weighted by molar-refractivity contribution is -0.140. The van der Waals surface area contributed by atoms with E-state index in [1.54, 1.807) is 11.8 Å². The van der Waals surface area contributed by atoms with E-state index in [4.69, 9.17) is 0 Å². The van der Waals surface area contributed by atoms with Crippen molar-refractivity contribution in [2.75, 3.05) is 12.9 Å². The van der Waals surface area contributed by atoms with Crippen molar-refractivity contribution in [2.24, 2.45) is 0 Å². The zero-order valence-electron chi connectivity index (χ0n) is 14.9. The molecule has 2 nitrogen and oxygen atoms in total. The highest BCUT2D eigenvalue weighted by molar-refractivity contribution is 7.99. The number of carbonyl (C=O) groups excluding carboxylic acids is 1. The van der Waals surface area contributed by atoms with Gasteiger partial charge in [0.1, 0.15) is 0 Å². The number of hydrogen-bond acceptors (Lipinski definition) is 3. The maximum absolute atomic E-state index is 13.2. The Hall–Kier alpha value is -1.95. The third kappa shape index (κ3) is 5.04. The van der Waals surface area contributed by atoms with E-state index < -0.39 is 11.7 Å². The van der Waals surface area contributed by atoms with Crippen molar-refractivity contribution in [3.05, 3.63) is 53.1 Å². The molecule has 0 fully saturated rings. The minimum absolute atomic E-state index is 0.123. The predicted octanol–water partition coefficient (Wildman–Crippen LogP) is 5.90. The van der Waals surface area contributed by atoms with Crippen molar-refractivity contribution < 1.29 is 22.7 Å². The molecular formula is C20H21F3O2S. The lowest BCUT2D eigenvalue weighted by Crippen LogP contribution is -2.07. The van der Waals surface area contributed by atoms with Gasteiger partial charge in [0.25, 0.3) is 0 Å². The van der Waals surface area contributed by atoms with E-state index in [0.717, 1.165) is 27.8 Å². The van der Waals surface area contributed by atoms with Crippen LogP contribution in [0.15, 0.2) is 41.3 Å². The van der Waals surface area contributed by atoms with Crippen molar-refractivity contribution in [1.82, 2.24) is 0 Å². The average molecular weight is 382 g/mol.